The number of morpholine rings is 1. The Balaban J connectivity index is 1.84. The molecule has 0 radical (unpaired) electrons. The lowest BCUT2D eigenvalue weighted by molar-refractivity contribution is 0.0510. The van der Waals surface area contributed by atoms with E-state index in [1.165, 1.54) is 12.8 Å². The number of nitrogens with zero attached hydrogens (tertiary/aromatic N) is 1. The van der Waals surface area contributed by atoms with Crippen LogP contribution >= 0.6 is 0 Å². The van der Waals surface area contributed by atoms with E-state index in [4.69, 9.17) is 4.74 Å². The van der Waals surface area contributed by atoms with Crippen molar-refractivity contribution in [1.29, 1.82) is 0 Å². The Morgan fingerprint density at radius 3 is 2.47 bits per heavy atom. The first-order valence-corrected chi connectivity index (χ1v) is 5.74. The Labute approximate surface area is 91.0 Å². The standard InChI is InChI=1S/C11H20N2O2/c1-11(2,9-3-4-9)12-10(14)13-5-7-15-8-6-13/h9H,3-8H2,1-2H3,(H,12,14). The van der Waals surface area contributed by atoms with Crippen LogP contribution in [0, 0.1) is 5.92 Å². The van der Waals surface area contributed by atoms with Crippen molar-refractivity contribution >= 4 is 6.03 Å². The number of hydrogen-bond donors (Lipinski definition) is 1. The Bertz CT molecular complexity index is 243. The summed E-state index contributed by atoms with van der Waals surface area (Å²) in [7, 11) is 0. The summed E-state index contributed by atoms with van der Waals surface area (Å²) < 4.78 is 5.22. The SMILES string of the molecule is CC(C)(NC(=O)N1CCOCC1)C1CC1. The van der Waals surface area contributed by atoms with E-state index in [-0.39, 0.29) is 11.6 Å². The molecular formula is C11H20N2O2. The van der Waals surface area contributed by atoms with Crippen molar-refractivity contribution in [3.05, 3.63) is 0 Å². The number of rotatable bonds is 2. The zero-order valence-corrected chi connectivity index (χ0v) is 9.58. The molecule has 4 nitrogen and oxygen atoms in total. The van der Waals surface area contributed by atoms with Gasteiger partial charge < -0.3 is 15.0 Å². The minimum absolute atomic E-state index is 0.0462. The van der Waals surface area contributed by atoms with E-state index in [9.17, 15) is 4.79 Å². The minimum Gasteiger partial charge on any atom is -0.378 e. The van der Waals surface area contributed by atoms with E-state index < -0.39 is 0 Å². The molecule has 2 amide bonds. The molecule has 1 saturated heterocycles. The van der Waals surface area contributed by atoms with E-state index in [1.807, 2.05) is 4.90 Å². The second kappa shape index (κ2) is 4.00. The van der Waals surface area contributed by atoms with Crippen LogP contribution in [0.3, 0.4) is 0 Å². The summed E-state index contributed by atoms with van der Waals surface area (Å²) in [6, 6.07) is 0.0650. The van der Waals surface area contributed by atoms with Gasteiger partial charge in [-0.25, -0.2) is 4.79 Å². The van der Waals surface area contributed by atoms with Gasteiger partial charge in [0.25, 0.3) is 0 Å². The predicted octanol–water partition coefficient (Wildman–Crippen LogP) is 1.22. The molecule has 0 bridgehead atoms. The van der Waals surface area contributed by atoms with Crippen LogP contribution in [-0.4, -0.2) is 42.8 Å². The van der Waals surface area contributed by atoms with Crippen molar-refractivity contribution in [3.8, 4) is 0 Å². The maximum absolute atomic E-state index is 11.9. The Morgan fingerprint density at radius 2 is 1.93 bits per heavy atom. The lowest BCUT2D eigenvalue weighted by Gasteiger charge is -2.33. The van der Waals surface area contributed by atoms with Crippen molar-refractivity contribution in [2.45, 2.75) is 32.2 Å². The molecular weight excluding hydrogens is 192 g/mol. The molecule has 0 aromatic rings. The van der Waals surface area contributed by atoms with Gasteiger partial charge in [0.15, 0.2) is 0 Å². The second-order valence-electron chi connectivity index (χ2n) is 5.03. The average Bonchev–Trinajstić information content (AvgIpc) is 3.01. The van der Waals surface area contributed by atoms with E-state index in [1.54, 1.807) is 0 Å². The highest BCUT2D eigenvalue weighted by atomic mass is 16.5. The number of hydrogen-bond acceptors (Lipinski definition) is 2. The third-order valence-corrected chi connectivity index (χ3v) is 3.33. The number of carbonyl (C=O) groups excluding carboxylic acids is 1. The van der Waals surface area contributed by atoms with Gasteiger partial charge in [-0.1, -0.05) is 0 Å². The number of ether oxygens (including phenoxy) is 1. The van der Waals surface area contributed by atoms with Crippen molar-refractivity contribution in [3.63, 3.8) is 0 Å². The van der Waals surface area contributed by atoms with Crippen molar-refractivity contribution in [1.82, 2.24) is 10.2 Å². The maximum atomic E-state index is 11.9. The number of nitrogens with one attached hydrogen (secondary N) is 1. The summed E-state index contributed by atoms with van der Waals surface area (Å²) in [6.07, 6.45) is 2.49. The van der Waals surface area contributed by atoms with Crippen LogP contribution in [0.25, 0.3) is 0 Å². The first-order chi connectivity index (χ1) is 7.09. The van der Waals surface area contributed by atoms with Crippen LogP contribution < -0.4 is 5.32 Å². The van der Waals surface area contributed by atoms with Gasteiger partial charge in [-0.15, -0.1) is 0 Å². The van der Waals surface area contributed by atoms with Gasteiger partial charge in [-0.2, -0.15) is 0 Å². The summed E-state index contributed by atoms with van der Waals surface area (Å²) in [6.45, 7) is 6.99. The molecule has 1 aliphatic heterocycles. The normalized spacial score (nSPS) is 22.7. The zero-order valence-electron chi connectivity index (χ0n) is 9.58. The molecule has 1 N–H and O–H groups in total. The van der Waals surface area contributed by atoms with Gasteiger partial charge in [0.1, 0.15) is 0 Å². The molecule has 0 unspecified atom stereocenters. The highest BCUT2D eigenvalue weighted by Crippen LogP contribution is 2.39. The summed E-state index contributed by atoms with van der Waals surface area (Å²) in [5.41, 5.74) is -0.0462. The quantitative estimate of drug-likeness (QED) is 0.747. The Kier molecular flexibility index (Phi) is 2.87. The second-order valence-corrected chi connectivity index (χ2v) is 5.03. The van der Waals surface area contributed by atoms with E-state index in [0.717, 1.165) is 0 Å². The molecule has 1 aliphatic carbocycles. The van der Waals surface area contributed by atoms with Crippen LogP contribution in [0.2, 0.25) is 0 Å². The molecule has 1 saturated carbocycles. The highest BCUT2D eigenvalue weighted by Gasteiger charge is 2.39. The van der Waals surface area contributed by atoms with Gasteiger partial charge in [0, 0.05) is 18.6 Å². The third-order valence-electron chi connectivity index (χ3n) is 3.33. The van der Waals surface area contributed by atoms with Gasteiger partial charge in [-0.3, -0.25) is 0 Å². The van der Waals surface area contributed by atoms with Gasteiger partial charge in [-0.05, 0) is 32.6 Å². The monoisotopic (exact) mass is 212 g/mol. The summed E-state index contributed by atoms with van der Waals surface area (Å²) in [4.78, 5) is 13.7. The van der Waals surface area contributed by atoms with Crippen LogP contribution in [0.1, 0.15) is 26.7 Å². The first-order valence-electron chi connectivity index (χ1n) is 5.74. The molecule has 0 spiro atoms. The van der Waals surface area contributed by atoms with Crippen LogP contribution in [0.5, 0.6) is 0 Å². The smallest absolute Gasteiger partial charge is 0.317 e. The van der Waals surface area contributed by atoms with Crippen molar-refractivity contribution in [2.24, 2.45) is 5.92 Å². The maximum Gasteiger partial charge on any atom is 0.317 e. The molecule has 2 fully saturated rings. The fourth-order valence-electron chi connectivity index (χ4n) is 2.03. The van der Waals surface area contributed by atoms with E-state index in [0.29, 0.717) is 32.2 Å². The molecule has 15 heavy (non-hydrogen) atoms. The highest BCUT2D eigenvalue weighted by molar-refractivity contribution is 5.75. The van der Waals surface area contributed by atoms with Crippen LogP contribution in [0.15, 0.2) is 0 Å². The van der Waals surface area contributed by atoms with E-state index >= 15 is 0 Å². The lowest BCUT2D eigenvalue weighted by atomic mass is 9.99. The van der Waals surface area contributed by atoms with Gasteiger partial charge >= 0.3 is 6.03 Å². The molecule has 1 heterocycles. The predicted molar refractivity (Wildman–Crippen MR) is 57.7 cm³/mol. The zero-order chi connectivity index (χ0) is 10.9. The summed E-state index contributed by atoms with van der Waals surface area (Å²) in [5.74, 6) is 0.669. The largest absolute Gasteiger partial charge is 0.378 e. The number of carbonyl (C=O) groups is 1. The molecule has 2 rings (SSSR count). The van der Waals surface area contributed by atoms with Crippen molar-refractivity contribution < 1.29 is 9.53 Å². The summed E-state index contributed by atoms with van der Waals surface area (Å²) in [5, 5.41) is 3.12. The molecule has 4 heteroatoms. The molecule has 0 atom stereocenters. The fraction of sp³-hybridized carbons (Fsp3) is 0.909. The fourth-order valence-corrected chi connectivity index (χ4v) is 2.03. The van der Waals surface area contributed by atoms with Crippen LogP contribution in [0.4, 0.5) is 4.79 Å². The average molecular weight is 212 g/mol. The molecule has 0 aromatic heterocycles. The van der Waals surface area contributed by atoms with Gasteiger partial charge in [0.05, 0.1) is 13.2 Å². The Morgan fingerprint density at radius 1 is 1.33 bits per heavy atom. The first kappa shape index (κ1) is 10.7. The Hall–Kier alpha value is -0.770. The topological polar surface area (TPSA) is 41.6 Å². The van der Waals surface area contributed by atoms with Crippen LogP contribution in [-0.2, 0) is 4.74 Å². The number of urea groups is 1. The van der Waals surface area contributed by atoms with E-state index in [2.05, 4.69) is 19.2 Å². The summed E-state index contributed by atoms with van der Waals surface area (Å²) >= 11 is 0. The lowest BCUT2D eigenvalue weighted by Crippen LogP contribution is -2.53. The molecule has 0 aromatic carbocycles. The minimum atomic E-state index is -0.0462. The third kappa shape index (κ3) is 2.62. The molecule has 2 aliphatic rings. The van der Waals surface area contributed by atoms with Crippen molar-refractivity contribution in [2.75, 3.05) is 26.3 Å². The number of amides is 2. The molecule has 86 valence electrons. The van der Waals surface area contributed by atoms with Gasteiger partial charge in [0.2, 0.25) is 0 Å².